The third-order valence-corrected chi connectivity index (χ3v) is 4.28. The second kappa shape index (κ2) is 10.1. The van der Waals surface area contributed by atoms with Gasteiger partial charge in [-0.15, -0.1) is 0 Å². The van der Waals surface area contributed by atoms with E-state index in [1.807, 2.05) is 37.3 Å². The fraction of sp³-hybridized carbons (Fsp3) is 0.227. The first-order valence-electron chi connectivity index (χ1n) is 9.41. The monoisotopic (exact) mass is 410 g/mol. The molecule has 0 fully saturated rings. The van der Waals surface area contributed by atoms with Gasteiger partial charge < -0.3 is 24.8 Å². The van der Waals surface area contributed by atoms with Crippen LogP contribution in [0.2, 0.25) is 0 Å². The summed E-state index contributed by atoms with van der Waals surface area (Å²) in [5.41, 5.74) is 1.57. The van der Waals surface area contributed by atoms with E-state index < -0.39 is 18.5 Å². The fourth-order valence-corrected chi connectivity index (χ4v) is 2.75. The van der Waals surface area contributed by atoms with E-state index in [0.29, 0.717) is 17.9 Å². The molecule has 1 heterocycles. The van der Waals surface area contributed by atoms with Crippen LogP contribution in [0.4, 0.5) is 5.69 Å². The highest BCUT2D eigenvalue weighted by Gasteiger charge is 2.19. The van der Waals surface area contributed by atoms with Crippen LogP contribution in [0, 0.1) is 0 Å². The van der Waals surface area contributed by atoms with E-state index in [2.05, 4.69) is 10.6 Å². The van der Waals surface area contributed by atoms with Crippen molar-refractivity contribution in [1.29, 1.82) is 0 Å². The number of esters is 1. The van der Waals surface area contributed by atoms with Crippen molar-refractivity contribution in [3.05, 3.63) is 77.7 Å². The summed E-state index contributed by atoms with van der Waals surface area (Å²) in [4.78, 5) is 36.8. The molecule has 1 atom stereocenters. The summed E-state index contributed by atoms with van der Waals surface area (Å²) >= 11 is 0. The van der Waals surface area contributed by atoms with Gasteiger partial charge in [0.15, 0.2) is 6.61 Å². The number of carbonyl (C=O) groups excluding carboxylic acids is 3. The molecule has 0 aliphatic carbocycles. The smallest absolute Gasteiger partial charge is 0.377 e. The van der Waals surface area contributed by atoms with E-state index in [0.717, 1.165) is 11.8 Å². The second-order valence-electron chi connectivity index (χ2n) is 6.48. The van der Waals surface area contributed by atoms with E-state index in [1.54, 1.807) is 24.3 Å². The summed E-state index contributed by atoms with van der Waals surface area (Å²) in [7, 11) is 0. The number of anilines is 1. The summed E-state index contributed by atoms with van der Waals surface area (Å²) in [6.45, 7) is 1.92. The third kappa shape index (κ3) is 5.60. The number of amides is 2. The molecule has 0 radical (unpaired) electrons. The SMILES string of the molecule is C[C@H](NC(=O)c1ccccc1NC(=O)COC(=O)C1=COCCO1)c1ccccc1. The van der Waals surface area contributed by atoms with E-state index in [9.17, 15) is 14.4 Å². The molecule has 8 nitrogen and oxygen atoms in total. The highest BCUT2D eigenvalue weighted by molar-refractivity contribution is 6.04. The quantitative estimate of drug-likeness (QED) is 0.680. The molecule has 0 unspecified atom stereocenters. The molecular weight excluding hydrogens is 388 g/mol. The summed E-state index contributed by atoms with van der Waals surface area (Å²) in [6, 6.07) is 15.9. The second-order valence-corrected chi connectivity index (χ2v) is 6.48. The molecule has 3 rings (SSSR count). The normalized spacial score (nSPS) is 13.7. The van der Waals surface area contributed by atoms with Gasteiger partial charge in [-0.05, 0) is 24.6 Å². The molecule has 2 aromatic rings. The van der Waals surface area contributed by atoms with Crippen LogP contribution in [0.25, 0.3) is 0 Å². The summed E-state index contributed by atoms with van der Waals surface area (Å²) in [6.07, 6.45) is 1.15. The molecule has 2 amide bonds. The van der Waals surface area contributed by atoms with Crippen molar-refractivity contribution < 1.29 is 28.6 Å². The van der Waals surface area contributed by atoms with Gasteiger partial charge in [0.1, 0.15) is 19.5 Å². The Kier molecular flexibility index (Phi) is 7.05. The van der Waals surface area contributed by atoms with Gasteiger partial charge in [0.05, 0.1) is 17.3 Å². The van der Waals surface area contributed by atoms with Gasteiger partial charge in [-0.3, -0.25) is 9.59 Å². The topological polar surface area (TPSA) is 103 Å². The number of ether oxygens (including phenoxy) is 3. The standard InChI is InChI=1S/C22H22N2O6/c1-15(16-7-3-2-4-8-16)23-21(26)17-9-5-6-10-18(17)24-20(25)14-30-22(27)19-13-28-11-12-29-19/h2-10,13,15H,11-12,14H2,1H3,(H,23,26)(H,24,25)/t15-/m0/s1. The third-order valence-electron chi connectivity index (χ3n) is 4.28. The Balaban J connectivity index is 1.59. The molecule has 1 aliphatic rings. The molecule has 0 aromatic heterocycles. The van der Waals surface area contributed by atoms with Crippen LogP contribution in [0.15, 0.2) is 66.6 Å². The summed E-state index contributed by atoms with van der Waals surface area (Å²) in [5, 5.41) is 5.50. The first-order valence-corrected chi connectivity index (χ1v) is 9.41. The molecule has 0 bridgehead atoms. The highest BCUT2D eigenvalue weighted by Crippen LogP contribution is 2.18. The lowest BCUT2D eigenvalue weighted by Crippen LogP contribution is -2.29. The van der Waals surface area contributed by atoms with E-state index in [1.165, 1.54) is 0 Å². The molecule has 2 aromatic carbocycles. The minimum Gasteiger partial charge on any atom is -0.493 e. The largest absolute Gasteiger partial charge is 0.493 e. The van der Waals surface area contributed by atoms with Gasteiger partial charge in [0.2, 0.25) is 5.76 Å². The summed E-state index contributed by atoms with van der Waals surface area (Å²) in [5.74, 6) is -1.81. The van der Waals surface area contributed by atoms with Gasteiger partial charge in [-0.25, -0.2) is 4.79 Å². The molecule has 2 N–H and O–H groups in total. The van der Waals surface area contributed by atoms with E-state index in [4.69, 9.17) is 14.2 Å². The minimum absolute atomic E-state index is 0.0938. The predicted molar refractivity (Wildman–Crippen MR) is 108 cm³/mol. The Morgan fingerprint density at radius 2 is 1.77 bits per heavy atom. The van der Waals surface area contributed by atoms with Crippen molar-refractivity contribution in [3.8, 4) is 0 Å². The lowest BCUT2D eigenvalue weighted by atomic mass is 10.1. The van der Waals surface area contributed by atoms with Gasteiger partial charge in [0.25, 0.3) is 11.8 Å². The Hall–Kier alpha value is -3.81. The minimum atomic E-state index is -0.799. The number of carbonyl (C=O) groups is 3. The Morgan fingerprint density at radius 1 is 1.03 bits per heavy atom. The molecule has 0 spiro atoms. The zero-order valence-corrected chi connectivity index (χ0v) is 16.4. The van der Waals surface area contributed by atoms with Crippen molar-refractivity contribution in [3.63, 3.8) is 0 Å². The number of hydrogen-bond acceptors (Lipinski definition) is 6. The molecular formula is C22H22N2O6. The Morgan fingerprint density at radius 3 is 2.50 bits per heavy atom. The van der Waals surface area contributed by atoms with Crippen LogP contribution in [-0.4, -0.2) is 37.6 Å². The Labute approximate surface area is 173 Å². The van der Waals surface area contributed by atoms with Crippen LogP contribution in [0.5, 0.6) is 0 Å². The van der Waals surface area contributed by atoms with Gasteiger partial charge in [-0.2, -0.15) is 0 Å². The number of nitrogens with one attached hydrogen (secondary N) is 2. The van der Waals surface area contributed by atoms with Crippen molar-refractivity contribution in [1.82, 2.24) is 5.32 Å². The lowest BCUT2D eigenvalue weighted by molar-refractivity contribution is -0.148. The zero-order valence-electron chi connectivity index (χ0n) is 16.4. The maximum atomic E-state index is 12.7. The van der Waals surface area contributed by atoms with Gasteiger partial charge in [0, 0.05) is 0 Å². The van der Waals surface area contributed by atoms with E-state index >= 15 is 0 Å². The predicted octanol–water partition coefficient (Wildman–Crippen LogP) is 2.55. The maximum Gasteiger partial charge on any atom is 0.377 e. The molecule has 156 valence electrons. The number of hydrogen-bond donors (Lipinski definition) is 2. The average Bonchev–Trinajstić information content (AvgIpc) is 2.79. The molecule has 0 saturated heterocycles. The number of para-hydroxylation sites is 1. The van der Waals surface area contributed by atoms with Gasteiger partial charge in [-0.1, -0.05) is 42.5 Å². The molecule has 30 heavy (non-hydrogen) atoms. The molecule has 1 aliphatic heterocycles. The number of rotatable bonds is 7. The van der Waals surface area contributed by atoms with Crippen molar-refractivity contribution >= 4 is 23.5 Å². The van der Waals surface area contributed by atoms with Crippen molar-refractivity contribution in [2.24, 2.45) is 0 Å². The van der Waals surface area contributed by atoms with Crippen LogP contribution in [-0.2, 0) is 23.8 Å². The first kappa shape index (κ1) is 20.9. The Bertz CT molecular complexity index is 942. The van der Waals surface area contributed by atoms with Crippen LogP contribution in [0.1, 0.15) is 28.9 Å². The van der Waals surface area contributed by atoms with Crippen molar-refractivity contribution in [2.75, 3.05) is 25.1 Å². The van der Waals surface area contributed by atoms with Crippen molar-refractivity contribution in [2.45, 2.75) is 13.0 Å². The zero-order chi connectivity index (χ0) is 21.3. The van der Waals surface area contributed by atoms with Gasteiger partial charge >= 0.3 is 5.97 Å². The summed E-state index contributed by atoms with van der Waals surface area (Å²) < 4.78 is 15.0. The lowest BCUT2D eigenvalue weighted by Gasteiger charge is -2.17. The van der Waals surface area contributed by atoms with E-state index in [-0.39, 0.29) is 24.3 Å². The molecule has 8 heteroatoms. The highest BCUT2D eigenvalue weighted by atomic mass is 16.6. The van der Waals surface area contributed by atoms with Crippen LogP contribution >= 0.6 is 0 Å². The maximum absolute atomic E-state index is 12.7. The average molecular weight is 410 g/mol. The van der Waals surface area contributed by atoms with Crippen LogP contribution < -0.4 is 10.6 Å². The number of benzene rings is 2. The first-order chi connectivity index (χ1) is 14.5. The van der Waals surface area contributed by atoms with Crippen LogP contribution in [0.3, 0.4) is 0 Å². The molecule has 0 saturated carbocycles. The fourth-order valence-electron chi connectivity index (χ4n) is 2.75.